The minimum absolute atomic E-state index is 0.0130. The normalized spacial score (nSPS) is 32.3. The van der Waals surface area contributed by atoms with E-state index in [0.29, 0.717) is 6.54 Å². The first-order chi connectivity index (χ1) is 12.8. The summed E-state index contributed by atoms with van der Waals surface area (Å²) in [4.78, 5) is 14.9. The van der Waals surface area contributed by atoms with Gasteiger partial charge in [-0.05, 0) is 64.2 Å². The third-order valence-corrected chi connectivity index (χ3v) is 6.37. The number of carbonyl (C=O) groups is 1. The van der Waals surface area contributed by atoms with Gasteiger partial charge in [-0.25, -0.2) is 4.79 Å². The van der Waals surface area contributed by atoms with Gasteiger partial charge in [0.2, 0.25) is 0 Å². The van der Waals surface area contributed by atoms with E-state index in [1.165, 1.54) is 18.4 Å². The highest BCUT2D eigenvalue weighted by Gasteiger charge is 2.76. The summed E-state index contributed by atoms with van der Waals surface area (Å²) in [7, 11) is 1.67. The van der Waals surface area contributed by atoms with E-state index < -0.39 is 5.60 Å². The first kappa shape index (κ1) is 18.6. The molecule has 0 radical (unpaired) electrons. The zero-order valence-corrected chi connectivity index (χ0v) is 16.9. The Hall–Kier alpha value is -1.75. The van der Waals surface area contributed by atoms with Gasteiger partial charge >= 0.3 is 6.09 Å². The molecule has 1 saturated carbocycles. The number of benzene rings is 1. The van der Waals surface area contributed by atoms with Crippen LogP contribution in [0.1, 0.15) is 58.4 Å². The first-order valence-electron chi connectivity index (χ1n) is 10.1. The summed E-state index contributed by atoms with van der Waals surface area (Å²) < 4.78 is 17.5. The molecule has 2 saturated heterocycles. The zero-order chi connectivity index (χ0) is 19.3. The Kier molecular flexibility index (Phi) is 4.41. The molecule has 1 aromatic carbocycles. The van der Waals surface area contributed by atoms with E-state index in [1.54, 1.807) is 7.11 Å². The number of ether oxygens (including phenoxy) is 3. The lowest BCUT2D eigenvalue weighted by molar-refractivity contribution is -0.00113. The van der Waals surface area contributed by atoms with E-state index in [1.807, 2.05) is 37.8 Å². The third-order valence-electron chi connectivity index (χ3n) is 6.37. The second-order valence-electron chi connectivity index (χ2n) is 9.18. The molecule has 148 valence electrons. The largest absolute Gasteiger partial charge is 0.497 e. The van der Waals surface area contributed by atoms with E-state index >= 15 is 0 Å². The van der Waals surface area contributed by atoms with Gasteiger partial charge in [0.05, 0.1) is 13.2 Å². The van der Waals surface area contributed by atoms with Crippen molar-refractivity contribution in [3.63, 3.8) is 0 Å². The number of amides is 1. The average molecular weight is 373 g/mol. The van der Waals surface area contributed by atoms with Crippen molar-refractivity contribution >= 4 is 6.09 Å². The van der Waals surface area contributed by atoms with Crippen LogP contribution in [-0.4, -0.2) is 47.5 Å². The predicted molar refractivity (Wildman–Crippen MR) is 103 cm³/mol. The molecule has 0 N–H and O–H groups in total. The highest BCUT2D eigenvalue weighted by Crippen LogP contribution is 2.64. The maximum atomic E-state index is 13.0. The fourth-order valence-corrected chi connectivity index (χ4v) is 5.10. The smallest absolute Gasteiger partial charge is 0.410 e. The predicted octanol–water partition coefficient (Wildman–Crippen LogP) is 4.33. The number of epoxide rings is 1. The van der Waals surface area contributed by atoms with E-state index in [-0.39, 0.29) is 23.3 Å². The number of hydrogen-bond acceptors (Lipinski definition) is 4. The van der Waals surface area contributed by atoms with Gasteiger partial charge in [-0.2, -0.15) is 0 Å². The van der Waals surface area contributed by atoms with Gasteiger partial charge in [-0.3, -0.25) is 0 Å². The minimum atomic E-state index is -0.495. The van der Waals surface area contributed by atoms with Crippen molar-refractivity contribution in [2.45, 2.75) is 82.1 Å². The fourth-order valence-electron chi connectivity index (χ4n) is 5.10. The number of nitrogens with zero attached hydrogens (tertiary/aromatic N) is 1. The lowest BCUT2D eigenvalue weighted by Crippen LogP contribution is -2.59. The standard InChI is InChI=1S/C22H31NO4/c1-20(2,3)26-19(24)23-14-13-21-11-5-6-12-22(21,27-21)18(23)15-16-7-9-17(25-4)10-8-16/h7-10,18H,5-6,11-15H2,1-4H3/t18?,21?,22-/m0/s1. The van der Waals surface area contributed by atoms with Gasteiger partial charge in [0, 0.05) is 6.54 Å². The van der Waals surface area contributed by atoms with Crippen LogP contribution in [0.15, 0.2) is 24.3 Å². The van der Waals surface area contributed by atoms with E-state index in [0.717, 1.165) is 31.4 Å². The van der Waals surface area contributed by atoms with Crippen LogP contribution in [0.3, 0.4) is 0 Å². The number of likely N-dealkylation sites (tertiary alicyclic amines) is 1. The minimum Gasteiger partial charge on any atom is -0.497 e. The van der Waals surface area contributed by atoms with Crippen LogP contribution in [0.25, 0.3) is 0 Å². The van der Waals surface area contributed by atoms with Crippen molar-refractivity contribution < 1.29 is 19.0 Å². The summed E-state index contributed by atoms with van der Waals surface area (Å²) >= 11 is 0. The van der Waals surface area contributed by atoms with Crippen molar-refractivity contribution in [1.82, 2.24) is 4.90 Å². The molecule has 5 heteroatoms. The molecule has 0 aromatic heterocycles. The lowest BCUT2D eigenvalue weighted by atomic mass is 9.69. The zero-order valence-electron chi connectivity index (χ0n) is 16.9. The molecule has 1 amide bonds. The van der Waals surface area contributed by atoms with Gasteiger partial charge in [-0.1, -0.05) is 25.0 Å². The van der Waals surface area contributed by atoms with Crippen molar-refractivity contribution in [2.75, 3.05) is 13.7 Å². The van der Waals surface area contributed by atoms with E-state index in [2.05, 4.69) is 12.1 Å². The lowest BCUT2D eigenvalue weighted by Gasteiger charge is -2.43. The van der Waals surface area contributed by atoms with Crippen LogP contribution in [0.4, 0.5) is 4.79 Å². The van der Waals surface area contributed by atoms with Gasteiger partial charge in [0.15, 0.2) is 0 Å². The maximum absolute atomic E-state index is 13.0. The molecule has 0 spiro atoms. The second-order valence-corrected chi connectivity index (χ2v) is 9.18. The molecule has 4 rings (SSSR count). The molecule has 27 heavy (non-hydrogen) atoms. The SMILES string of the molecule is COc1ccc(CC2N(C(=O)OC(C)(C)C)CCC34CCCC[C@]23O4)cc1. The van der Waals surface area contributed by atoms with Crippen LogP contribution in [0.5, 0.6) is 5.75 Å². The summed E-state index contributed by atoms with van der Waals surface area (Å²) in [6.45, 7) is 6.47. The van der Waals surface area contributed by atoms with Crippen molar-refractivity contribution in [2.24, 2.45) is 0 Å². The topological polar surface area (TPSA) is 51.3 Å². The number of carbonyl (C=O) groups excluding carboxylic acids is 1. The molecule has 0 bridgehead atoms. The van der Waals surface area contributed by atoms with Crippen LogP contribution < -0.4 is 4.74 Å². The highest BCUT2D eigenvalue weighted by atomic mass is 16.6. The maximum Gasteiger partial charge on any atom is 0.410 e. The summed E-state index contributed by atoms with van der Waals surface area (Å²) in [5.41, 5.74) is 0.493. The van der Waals surface area contributed by atoms with Crippen LogP contribution >= 0.6 is 0 Å². The Bertz CT molecular complexity index is 710. The van der Waals surface area contributed by atoms with Crippen LogP contribution in [0, 0.1) is 0 Å². The Morgan fingerprint density at radius 2 is 1.89 bits per heavy atom. The third kappa shape index (κ3) is 3.20. The highest BCUT2D eigenvalue weighted by molar-refractivity contribution is 5.69. The van der Waals surface area contributed by atoms with E-state index in [4.69, 9.17) is 14.2 Å². The molecule has 1 aromatic rings. The summed E-state index contributed by atoms with van der Waals surface area (Å²) in [6, 6.07) is 8.16. The van der Waals surface area contributed by atoms with Gasteiger partial charge in [0.1, 0.15) is 22.6 Å². The molecule has 1 aliphatic carbocycles. The fraction of sp³-hybridized carbons (Fsp3) is 0.682. The van der Waals surface area contributed by atoms with E-state index in [9.17, 15) is 4.79 Å². The molecule has 2 unspecified atom stereocenters. The molecule has 3 fully saturated rings. The molecule has 5 nitrogen and oxygen atoms in total. The number of hydrogen-bond donors (Lipinski definition) is 0. The molecule has 3 aliphatic rings. The van der Waals surface area contributed by atoms with Crippen molar-refractivity contribution in [3.05, 3.63) is 29.8 Å². The molecule has 2 heterocycles. The van der Waals surface area contributed by atoms with Gasteiger partial charge in [-0.15, -0.1) is 0 Å². The Morgan fingerprint density at radius 3 is 2.56 bits per heavy atom. The Morgan fingerprint density at radius 1 is 1.19 bits per heavy atom. The van der Waals surface area contributed by atoms with Crippen LogP contribution in [0.2, 0.25) is 0 Å². The van der Waals surface area contributed by atoms with Crippen molar-refractivity contribution in [1.29, 1.82) is 0 Å². The van der Waals surface area contributed by atoms with Crippen LogP contribution in [-0.2, 0) is 15.9 Å². The molecule has 3 atom stereocenters. The quantitative estimate of drug-likeness (QED) is 0.740. The molecule has 2 aliphatic heterocycles. The number of rotatable bonds is 3. The van der Waals surface area contributed by atoms with Gasteiger partial charge in [0.25, 0.3) is 0 Å². The molecular formula is C22H31NO4. The number of piperidine rings is 1. The Labute approximate surface area is 162 Å². The molecular weight excluding hydrogens is 342 g/mol. The monoisotopic (exact) mass is 373 g/mol. The first-order valence-corrected chi connectivity index (χ1v) is 10.1. The second kappa shape index (κ2) is 6.40. The van der Waals surface area contributed by atoms with Gasteiger partial charge < -0.3 is 19.1 Å². The average Bonchev–Trinajstić information content (AvgIpc) is 3.32. The number of methoxy groups -OCH3 is 1. The van der Waals surface area contributed by atoms with Crippen molar-refractivity contribution in [3.8, 4) is 5.75 Å². The summed E-state index contributed by atoms with van der Waals surface area (Å²) in [5.74, 6) is 0.847. The summed E-state index contributed by atoms with van der Waals surface area (Å²) in [6.07, 6.45) is 6.04. The summed E-state index contributed by atoms with van der Waals surface area (Å²) in [5, 5.41) is 0. The Balaban J connectivity index is 1.61.